The summed E-state index contributed by atoms with van der Waals surface area (Å²) in [4.78, 5) is 70.9. The van der Waals surface area contributed by atoms with Crippen LogP contribution in [0.2, 0.25) is 0 Å². The Morgan fingerprint density at radius 1 is 0.744 bits per heavy atom. The summed E-state index contributed by atoms with van der Waals surface area (Å²) < 4.78 is 19.2. The number of aryl methyl sites for hydroxylation is 1. The molecule has 0 spiro atoms. The molecular weight excluding hydrogens is 608 g/mol. The van der Waals surface area contributed by atoms with Crippen LogP contribution >= 0.6 is 23.5 Å². The second-order valence-corrected chi connectivity index (χ2v) is 10.8. The number of hydrogen-bond acceptors (Lipinski definition) is 14. The Morgan fingerprint density at radius 3 is 1.60 bits per heavy atom. The minimum atomic E-state index is -1.24. The lowest BCUT2D eigenvalue weighted by Gasteiger charge is -2.13. The average Bonchev–Trinajstić information content (AvgIpc) is 2.95. The summed E-state index contributed by atoms with van der Waals surface area (Å²) in [6.07, 6.45) is -2.48. The predicted octanol–water partition coefficient (Wildman–Crippen LogP) is 2.57. The molecule has 2 atom stereocenters. The van der Waals surface area contributed by atoms with Crippen LogP contribution in [0.15, 0.2) is 42.5 Å². The van der Waals surface area contributed by atoms with Gasteiger partial charge in [-0.25, -0.2) is 9.59 Å². The van der Waals surface area contributed by atoms with Crippen molar-refractivity contribution < 1.29 is 57.9 Å². The Hall–Kier alpha value is -3.86. The number of carbonyl (C=O) groups is 6. The second-order valence-electron chi connectivity index (χ2n) is 8.86. The van der Waals surface area contributed by atoms with Crippen molar-refractivity contribution in [3.05, 3.63) is 48.1 Å². The first-order valence-corrected chi connectivity index (χ1v) is 14.5. The summed E-state index contributed by atoms with van der Waals surface area (Å²) in [5, 5.41) is 23.4. The molecule has 0 aliphatic carbocycles. The summed E-state index contributed by atoms with van der Waals surface area (Å²) >= 11 is 1.22. The molecule has 1 aromatic carbocycles. The lowest BCUT2D eigenvalue weighted by atomic mass is 10.2. The first-order chi connectivity index (χ1) is 20.2. The van der Waals surface area contributed by atoms with Gasteiger partial charge in [-0.3, -0.25) is 19.2 Å². The van der Waals surface area contributed by atoms with Gasteiger partial charge in [0, 0.05) is 22.5 Å². The number of benzene rings is 1. The van der Waals surface area contributed by atoms with Crippen molar-refractivity contribution in [1.82, 2.24) is 0 Å². The molecule has 0 bridgehead atoms. The topological polar surface area (TPSA) is 204 Å². The summed E-state index contributed by atoms with van der Waals surface area (Å²) in [5.41, 5.74) is 1.63. The van der Waals surface area contributed by atoms with E-state index in [2.05, 4.69) is 23.8 Å². The first kappa shape index (κ1) is 37.2. The van der Waals surface area contributed by atoms with E-state index >= 15 is 0 Å². The largest absolute Gasteiger partial charge is 0.462 e. The van der Waals surface area contributed by atoms with Gasteiger partial charge in [0.2, 0.25) is 0 Å². The Bertz CT molecular complexity index is 1220. The number of ether oxygens (including phenoxy) is 4. The smallest absolute Gasteiger partial charge is 0.333 e. The lowest BCUT2D eigenvalue weighted by molar-refractivity contribution is -0.149. The molecule has 16 heteroatoms. The van der Waals surface area contributed by atoms with E-state index in [1.807, 2.05) is 0 Å². The van der Waals surface area contributed by atoms with Crippen LogP contribution in [0.3, 0.4) is 0 Å². The van der Waals surface area contributed by atoms with Crippen LogP contribution in [-0.2, 0) is 38.1 Å². The number of amides is 2. The van der Waals surface area contributed by atoms with Crippen molar-refractivity contribution in [3.63, 3.8) is 0 Å². The molecular formula is C27H34N2O12S2. The first-order valence-electron chi connectivity index (χ1n) is 12.5. The molecule has 0 aliphatic rings. The Morgan fingerprint density at radius 2 is 1.16 bits per heavy atom. The zero-order valence-electron chi connectivity index (χ0n) is 23.8. The molecule has 2 amide bonds. The van der Waals surface area contributed by atoms with Gasteiger partial charge in [-0.15, -0.1) is 0 Å². The third-order valence-corrected chi connectivity index (χ3v) is 6.24. The van der Waals surface area contributed by atoms with Crippen LogP contribution in [-0.4, -0.2) is 94.7 Å². The average molecular weight is 643 g/mol. The molecule has 0 heterocycles. The van der Waals surface area contributed by atoms with Crippen LogP contribution in [0.4, 0.5) is 21.0 Å². The van der Waals surface area contributed by atoms with Gasteiger partial charge < -0.3 is 39.8 Å². The summed E-state index contributed by atoms with van der Waals surface area (Å²) in [5.74, 6) is -3.65. The minimum Gasteiger partial charge on any atom is -0.462 e. The van der Waals surface area contributed by atoms with E-state index in [0.29, 0.717) is 40.5 Å². The number of aliphatic hydroxyl groups is 2. The van der Waals surface area contributed by atoms with E-state index in [9.17, 15) is 39.0 Å². The maximum atomic E-state index is 12.3. The highest BCUT2D eigenvalue weighted by molar-refractivity contribution is 8.14. The van der Waals surface area contributed by atoms with E-state index in [1.54, 1.807) is 19.1 Å². The van der Waals surface area contributed by atoms with Gasteiger partial charge in [0.05, 0.1) is 0 Å². The summed E-state index contributed by atoms with van der Waals surface area (Å²) in [7, 11) is 0. The van der Waals surface area contributed by atoms with Crippen molar-refractivity contribution >= 4 is 69.3 Å². The molecule has 0 fully saturated rings. The highest BCUT2D eigenvalue weighted by Gasteiger charge is 2.16. The zero-order chi connectivity index (χ0) is 32.5. The predicted molar refractivity (Wildman–Crippen MR) is 160 cm³/mol. The van der Waals surface area contributed by atoms with E-state index in [4.69, 9.17) is 18.9 Å². The maximum absolute atomic E-state index is 12.3. The number of carbonyl (C=O) groups excluding carboxylic acids is 6. The van der Waals surface area contributed by atoms with Crippen LogP contribution in [0, 0.1) is 6.92 Å². The summed E-state index contributed by atoms with van der Waals surface area (Å²) in [6.45, 7) is 9.75. The number of hydrogen-bond donors (Lipinski definition) is 4. The minimum absolute atomic E-state index is 0.155. The molecule has 2 unspecified atom stereocenters. The monoisotopic (exact) mass is 642 g/mol. The molecule has 0 aliphatic heterocycles. The fraction of sp³-hybridized carbons (Fsp3) is 0.407. The molecule has 4 N–H and O–H groups in total. The molecule has 0 aromatic heterocycles. The number of rotatable bonds is 16. The van der Waals surface area contributed by atoms with E-state index in [-0.39, 0.29) is 35.9 Å². The van der Waals surface area contributed by atoms with Crippen LogP contribution in [0.25, 0.3) is 0 Å². The number of anilines is 2. The SMILES string of the molecule is C=C(C)C(=O)OCC(O)COC(=O)CSC(=O)Nc1ccc(C)c(NC(=O)SCC(=O)OCC(O)COC(=O)C(=C)C)c1. The van der Waals surface area contributed by atoms with Crippen LogP contribution in [0.1, 0.15) is 19.4 Å². The van der Waals surface area contributed by atoms with Gasteiger partial charge in [-0.2, -0.15) is 0 Å². The molecule has 0 radical (unpaired) electrons. The third-order valence-electron chi connectivity index (χ3n) is 4.75. The molecule has 43 heavy (non-hydrogen) atoms. The van der Waals surface area contributed by atoms with Crippen LogP contribution < -0.4 is 10.6 Å². The van der Waals surface area contributed by atoms with Gasteiger partial charge in [0.25, 0.3) is 10.5 Å². The highest BCUT2D eigenvalue weighted by atomic mass is 32.2. The third kappa shape index (κ3) is 16.4. The maximum Gasteiger partial charge on any atom is 0.333 e. The Labute approximate surface area is 256 Å². The molecule has 14 nitrogen and oxygen atoms in total. The summed E-state index contributed by atoms with van der Waals surface area (Å²) in [6, 6.07) is 4.69. The van der Waals surface area contributed by atoms with Gasteiger partial charge in [0.1, 0.15) is 50.1 Å². The second kappa shape index (κ2) is 19.4. The Balaban J connectivity index is 2.42. The Kier molecular flexibility index (Phi) is 16.7. The zero-order valence-corrected chi connectivity index (χ0v) is 25.5. The molecule has 236 valence electrons. The highest BCUT2D eigenvalue weighted by Crippen LogP contribution is 2.23. The fourth-order valence-corrected chi connectivity index (χ4v) is 3.57. The van der Waals surface area contributed by atoms with Crippen molar-refractivity contribution in [2.45, 2.75) is 33.0 Å². The van der Waals surface area contributed by atoms with Crippen molar-refractivity contribution in [1.29, 1.82) is 0 Å². The lowest BCUT2D eigenvalue weighted by Crippen LogP contribution is -2.26. The number of esters is 4. The molecule has 0 saturated carbocycles. The number of thioether (sulfide) groups is 2. The quantitative estimate of drug-likeness (QED) is 0.116. The van der Waals surface area contributed by atoms with Crippen molar-refractivity contribution in [2.75, 3.05) is 48.6 Å². The molecule has 1 rings (SSSR count). The van der Waals surface area contributed by atoms with E-state index in [1.165, 1.54) is 19.9 Å². The van der Waals surface area contributed by atoms with Crippen molar-refractivity contribution in [3.8, 4) is 0 Å². The van der Waals surface area contributed by atoms with E-state index in [0.717, 1.165) is 0 Å². The van der Waals surface area contributed by atoms with Crippen molar-refractivity contribution in [2.24, 2.45) is 0 Å². The normalized spacial score (nSPS) is 11.7. The molecule has 0 saturated heterocycles. The van der Waals surface area contributed by atoms with Gasteiger partial charge >= 0.3 is 23.9 Å². The number of aliphatic hydroxyl groups excluding tert-OH is 2. The van der Waals surface area contributed by atoms with Crippen LogP contribution in [0.5, 0.6) is 0 Å². The van der Waals surface area contributed by atoms with Gasteiger partial charge in [-0.1, -0.05) is 42.7 Å². The fourth-order valence-electron chi connectivity index (χ4n) is 2.53. The standard InChI is InChI=1S/C27H34N2O12S2/c1-15(2)24(34)40-11-19(30)9-38-22(32)13-42-26(36)28-18-7-6-17(5)21(8-18)29-27(37)43-14-23(33)39-10-20(31)12-41-25(35)16(3)4/h6-8,19-20,30-31H,1,3,9-14H2,2,4-5H3,(H,28,36)(H,29,37). The van der Waals surface area contributed by atoms with E-state index < -0.39 is 59.8 Å². The molecule has 1 aromatic rings. The van der Waals surface area contributed by atoms with Gasteiger partial charge in [0.15, 0.2) is 0 Å². The van der Waals surface area contributed by atoms with Gasteiger partial charge in [-0.05, 0) is 38.5 Å². The number of nitrogens with one attached hydrogen (secondary N) is 2.